The van der Waals surface area contributed by atoms with Crippen molar-refractivity contribution in [2.24, 2.45) is 0 Å². The Kier molecular flexibility index (Phi) is 9.68. The van der Waals surface area contributed by atoms with Crippen molar-refractivity contribution in [2.45, 2.75) is 70.9 Å². The standard InChI is InChI=1S/C32H31F7N4O/c1-19(2)42(21(4)28-13-7-20(3)40-41-28)15-5-6-16-43-29-14-10-24(33)17-22(29)8-11-26(30(43)44)25-12-9-23(31(34,35)36)18-27(25)32(37,38)39/h7,9-10,12-14,17-19,21,26H,8,11,15-16H2,1-4H3. The van der Waals surface area contributed by atoms with Crippen LogP contribution in [0, 0.1) is 24.6 Å². The maximum Gasteiger partial charge on any atom is 0.416 e. The number of rotatable bonds is 6. The third-order valence-corrected chi connectivity index (χ3v) is 7.69. The molecule has 2 unspecified atom stereocenters. The molecule has 44 heavy (non-hydrogen) atoms. The Morgan fingerprint density at radius 1 is 0.955 bits per heavy atom. The fourth-order valence-corrected chi connectivity index (χ4v) is 5.33. The third-order valence-electron chi connectivity index (χ3n) is 7.69. The lowest BCUT2D eigenvalue weighted by Crippen LogP contribution is -2.36. The number of carbonyl (C=O) groups is 1. The summed E-state index contributed by atoms with van der Waals surface area (Å²) in [6, 6.07) is 8.62. The fourth-order valence-electron chi connectivity index (χ4n) is 5.33. The molecule has 0 fully saturated rings. The third kappa shape index (κ3) is 7.38. The van der Waals surface area contributed by atoms with E-state index >= 15 is 0 Å². The van der Waals surface area contributed by atoms with E-state index in [0.29, 0.717) is 17.7 Å². The quantitative estimate of drug-likeness (QED) is 0.212. The Hall–Kier alpha value is -3.98. The Morgan fingerprint density at radius 2 is 1.68 bits per heavy atom. The van der Waals surface area contributed by atoms with Crippen molar-refractivity contribution in [2.75, 3.05) is 18.0 Å². The Morgan fingerprint density at radius 3 is 2.30 bits per heavy atom. The summed E-state index contributed by atoms with van der Waals surface area (Å²) in [5.41, 5.74) is -1.38. The fraction of sp³-hybridized carbons (Fsp3) is 0.406. The highest BCUT2D eigenvalue weighted by Crippen LogP contribution is 2.43. The van der Waals surface area contributed by atoms with Gasteiger partial charge in [-0.2, -0.15) is 36.5 Å². The van der Waals surface area contributed by atoms with Gasteiger partial charge in [0.25, 0.3) is 0 Å². The highest BCUT2D eigenvalue weighted by Gasteiger charge is 2.42. The van der Waals surface area contributed by atoms with Crippen LogP contribution in [0.1, 0.15) is 72.8 Å². The molecule has 1 aliphatic rings. The van der Waals surface area contributed by atoms with Crippen molar-refractivity contribution in [3.63, 3.8) is 0 Å². The van der Waals surface area contributed by atoms with Crippen LogP contribution in [0.2, 0.25) is 0 Å². The molecule has 0 spiro atoms. The number of benzene rings is 2. The monoisotopic (exact) mass is 620 g/mol. The van der Waals surface area contributed by atoms with Gasteiger partial charge in [0.05, 0.1) is 47.6 Å². The van der Waals surface area contributed by atoms with Crippen LogP contribution in [0.5, 0.6) is 0 Å². The maximum absolute atomic E-state index is 14.2. The molecular formula is C32H31F7N4O. The van der Waals surface area contributed by atoms with Gasteiger partial charge in [-0.05, 0) is 94.1 Å². The average Bonchev–Trinajstić information content (AvgIpc) is 3.07. The molecular weight excluding hydrogens is 589 g/mol. The minimum absolute atomic E-state index is 0.0297. The van der Waals surface area contributed by atoms with Crippen molar-refractivity contribution >= 4 is 11.6 Å². The number of aryl methyl sites for hydroxylation is 2. The van der Waals surface area contributed by atoms with E-state index in [1.54, 1.807) is 0 Å². The molecule has 4 rings (SSSR count). The first kappa shape index (κ1) is 32.9. The van der Waals surface area contributed by atoms with Crippen LogP contribution in [0.4, 0.5) is 36.4 Å². The second-order valence-electron chi connectivity index (χ2n) is 11.0. The minimum atomic E-state index is -5.15. The number of aromatic nitrogens is 2. The number of hydrogen-bond acceptors (Lipinski definition) is 4. The van der Waals surface area contributed by atoms with E-state index in [0.717, 1.165) is 17.5 Å². The zero-order valence-corrected chi connectivity index (χ0v) is 24.5. The normalized spacial score (nSPS) is 16.4. The van der Waals surface area contributed by atoms with E-state index in [4.69, 9.17) is 0 Å². The van der Waals surface area contributed by atoms with Crippen molar-refractivity contribution in [3.8, 4) is 11.8 Å². The summed E-state index contributed by atoms with van der Waals surface area (Å²) < 4.78 is 96.1. The molecule has 0 saturated carbocycles. The first-order valence-electron chi connectivity index (χ1n) is 14.0. The SMILES string of the molecule is Cc1ccc(C(C)N(CC#CCN2C(=O)C(c3ccc(C(F)(F)F)cc3C(F)(F)F)CCc3cc(F)ccc32)C(C)C)nn1. The molecule has 234 valence electrons. The predicted octanol–water partition coefficient (Wildman–Crippen LogP) is 7.50. The van der Waals surface area contributed by atoms with Crippen molar-refractivity contribution in [1.82, 2.24) is 15.1 Å². The zero-order chi connectivity index (χ0) is 32.4. The molecule has 1 aromatic heterocycles. The second-order valence-corrected chi connectivity index (χ2v) is 11.0. The lowest BCUT2D eigenvalue weighted by atomic mass is 9.88. The van der Waals surface area contributed by atoms with E-state index in [1.807, 2.05) is 39.8 Å². The van der Waals surface area contributed by atoms with Gasteiger partial charge in [-0.1, -0.05) is 17.9 Å². The number of hydrogen-bond donors (Lipinski definition) is 0. The summed E-state index contributed by atoms with van der Waals surface area (Å²) in [5.74, 6) is 3.17. The van der Waals surface area contributed by atoms with E-state index in [-0.39, 0.29) is 49.8 Å². The van der Waals surface area contributed by atoms with Crippen LogP contribution >= 0.6 is 0 Å². The van der Waals surface area contributed by atoms with Gasteiger partial charge in [-0.3, -0.25) is 14.6 Å². The molecule has 0 aliphatic carbocycles. The summed E-state index contributed by atoms with van der Waals surface area (Å²) in [6.45, 7) is 7.80. The topological polar surface area (TPSA) is 49.3 Å². The number of carbonyl (C=O) groups excluding carboxylic acids is 1. The van der Waals surface area contributed by atoms with Crippen LogP contribution < -0.4 is 4.90 Å². The molecule has 0 N–H and O–H groups in total. The minimum Gasteiger partial charge on any atom is -0.300 e. The highest BCUT2D eigenvalue weighted by atomic mass is 19.4. The second kappa shape index (κ2) is 12.9. The summed E-state index contributed by atoms with van der Waals surface area (Å²) in [4.78, 5) is 17.1. The smallest absolute Gasteiger partial charge is 0.300 e. The molecule has 5 nitrogen and oxygen atoms in total. The number of fused-ring (bicyclic) bond motifs is 1. The van der Waals surface area contributed by atoms with Crippen molar-refractivity contribution in [3.05, 3.63) is 88.0 Å². The predicted molar refractivity (Wildman–Crippen MR) is 151 cm³/mol. The van der Waals surface area contributed by atoms with Gasteiger partial charge in [-0.15, -0.1) is 0 Å². The van der Waals surface area contributed by atoms with Crippen LogP contribution in [0.15, 0.2) is 48.5 Å². The van der Waals surface area contributed by atoms with E-state index in [9.17, 15) is 35.5 Å². The Balaban J connectivity index is 1.67. The van der Waals surface area contributed by atoms with Crippen LogP contribution in [-0.4, -0.2) is 40.1 Å². The van der Waals surface area contributed by atoms with Crippen LogP contribution in [-0.2, 0) is 23.6 Å². The summed E-state index contributed by atoms with van der Waals surface area (Å²) in [5, 5.41) is 8.35. The average molecular weight is 621 g/mol. The largest absolute Gasteiger partial charge is 0.416 e. The molecule has 2 atom stereocenters. The molecule has 3 aromatic rings. The molecule has 0 bridgehead atoms. The Bertz CT molecular complexity index is 1560. The number of anilines is 1. The molecule has 12 heteroatoms. The van der Waals surface area contributed by atoms with Crippen LogP contribution in [0.25, 0.3) is 0 Å². The molecule has 2 aromatic carbocycles. The molecule has 0 radical (unpaired) electrons. The lowest BCUT2D eigenvalue weighted by molar-refractivity contribution is -0.143. The van der Waals surface area contributed by atoms with Gasteiger partial charge < -0.3 is 0 Å². The number of alkyl halides is 6. The first-order chi connectivity index (χ1) is 20.6. The molecule has 1 amide bonds. The van der Waals surface area contributed by atoms with Gasteiger partial charge in [-0.25, -0.2) is 4.39 Å². The Labute approximate surface area is 251 Å². The molecule has 0 saturated heterocycles. The van der Waals surface area contributed by atoms with Crippen LogP contribution in [0.3, 0.4) is 0 Å². The number of nitrogens with zero attached hydrogens (tertiary/aromatic N) is 4. The van der Waals surface area contributed by atoms with E-state index in [2.05, 4.69) is 26.9 Å². The maximum atomic E-state index is 14.2. The van der Waals surface area contributed by atoms with E-state index < -0.39 is 46.7 Å². The number of halogens is 7. The van der Waals surface area contributed by atoms with Crippen molar-refractivity contribution in [1.29, 1.82) is 0 Å². The van der Waals surface area contributed by atoms with Gasteiger partial charge >= 0.3 is 12.4 Å². The lowest BCUT2D eigenvalue weighted by Gasteiger charge is -2.30. The molecule has 2 heterocycles. The van der Waals surface area contributed by atoms with E-state index in [1.165, 1.54) is 17.0 Å². The van der Waals surface area contributed by atoms with Gasteiger partial charge in [0.1, 0.15) is 5.82 Å². The number of amides is 1. The van der Waals surface area contributed by atoms with Gasteiger partial charge in [0.2, 0.25) is 5.91 Å². The van der Waals surface area contributed by atoms with Crippen molar-refractivity contribution < 1.29 is 35.5 Å². The molecule has 1 aliphatic heterocycles. The highest BCUT2D eigenvalue weighted by molar-refractivity contribution is 6.00. The van der Waals surface area contributed by atoms with Gasteiger partial charge in [0.15, 0.2) is 0 Å². The van der Waals surface area contributed by atoms with Gasteiger partial charge in [0, 0.05) is 11.7 Å². The zero-order valence-electron chi connectivity index (χ0n) is 24.5. The summed E-state index contributed by atoms with van der Waals surface area (Å²) >= 11 is 0. The first-order valence-corrected chi connectivity index (χ1v) is 14.0. The summed E-state index contributed by atoms with van der Waals surface area (Å²) in [7, 11) is 0. The summed E-state index contributed by atoms with van der Waals surface area (Å²) in [6.07, 6.45) is -10.3.